The van der Waals surface area contributed by atoms with Gasteiger partial charge in [-0.1, -0.05) is 12.1 Å². The molecule has 0 saturated carbocycles. The van der Waals surface area contributed by atoms with Gasteiger partial charge in [0.25, 0.3) is 5.56 Å². The number of pyridine rings is 1. The number of halogens is 1. The summed E-state index contributed by atoms with van der Waals surface area (Å²) in [6.45, 7) is 0.872. The molecule has 2 rings (SSSR count). The first-order valence-corrected chi connectivity index (χ1v) is 6.30. The molecule has 0 aliphatic carbocycles. The molecule has 5 heteroatoms. The van der Waals surface area contributed by atoms with Gasteiger partial charge >= 0.3 is 0 Å². The number of hydrogen-bond acceptors (Lipinski definition) is 3. The summed E-state index contributed by atoms with van der Waals surface area (Å²) in [5, 5.41) is 0. The van der Waals surface area contributed by atoms with E-state index in [2.05, 4.69) is 15.9 Å². The van der Waals surface area contributed by atoms with E-state index in [0.29, 0.717) is 29.1 Å². The van der Waals surface area contributed by atoms with E-state index >= 15 is 0 Å². The number of nitrogen functional groups attached to an aromatic ring is 1. The molecule has 0 radical (unpaired) electrons. The Labute approximate surface area is 113 Å². The summed E-state index contributed by atoms with van der Waals surface area (Å²) >= 11 is 3.20. The maximum absolute atomic E-state index is 11.7. The molecule has 0 unspecified atom stereocenters. The quantitative estimate of drug-likeness (QED) is 0.882. The van der Waals surface area contributed by atoms with Crippen LogP contribution in [0.1, 0.15) is 0 Å². The molecule has 0 spiro atoms. The van der Waals surface area contributed by atoms with Crippen LogP contribution < -0.4 is 16.0 Å². The van der Waals surface area contributed by atoms with Crippen LogP contribution in [0.4, 0.5) is 5.69 Å². The van der Waals surface area contributed by atoms with Gasteiger partial charge in [-0.05, 0) is 40.2 Å². The van der Waals surface area contributed by atoms with Gasteiger partial charge in [0.05, 0.1) is 16.7 Å². The molecule has 0 atom stereocenters. The lowest BCUT2D eigenvalue weighted by atomic mass is 10.3. The molecule has 0 amide bonds. The summed E-state index contributed by atoms with van der Waals surface area (Å²) in [4.78, 5) is 11.7. The van der Waals surface area contributed by atoms with Gasteiger partial charge in [0.15, 0.2) is 0 Å². The normalized spacial score (nSPS) is 10.3. The molecule has 0 bridgehead atoms. The van der Waals surface area contributed by atoms with Gasteiger partial charge in [0.1, 0.15) is 12.4 Å². The maximum Gasteiger partial charge on any atom is 0.264 e. The number of ether oxygens (including phenoxy) is 1. The zero-order valence-electron chi connectivity index (χ0n) is 9.67. The van der Waals surface area contributed by atoms with E-state index in [1.807, 2.05) is 18.2 Å². The molecule has 0 aliphatic rings. The van der Waals surface area contributed by atoms with Crippen molar-refractivity contribution in [2.24, 2.45) is 0 Å². The number of hydrogen-bond donors (Lipinski definition) is 1. The number of para-hydroxylation sites is 2. The standard InChI is InChI=1S/C13H13BrN2O2/c14-10-4-3-7-16(13(10)17)8-9-18-12-6-2-1-5-11(12)15/h1-7H,8-9,15H2. The van der Waals surface area contributed by atoms with Gasteiger partial charge in [-0.15, -0.1) is 0 Å². The minimum absolute atomic E-state index is 0.0675. The van der Waals surface area contributed by atoms with Gasteiger partial charge in [-0.3, -0.25) is 4.79 Å². The van der Waals surface area contributed by atoms with Gasteiger partial charge < -0.3 is 15.0 Å². The summed E-state index contributed by atoms with van der Waals surface area (Å²) in [7, 11) is 0. The Hall–Kier alpha value is -1.75. The van der Waals surface area contributed by atoms with Crippen LogP contribution in [-0.2, 0) is 6.54 Å². The van der Waals surface area contributed by atoms with Crippen LogP contribution in [-0.4, -0.2) is 11.2 Å². The Bertz CT molecular complexity index is 596. The molecule has 1 aromatic carbocycles. The Kier molecular flexibility index (Phi) is 4.04. The SMILES string of the molecule is Nc1ccccc1OCCn1cccc(Br)c1=O. The topological polar surface area (TPSA) is 57.2 Å². The van der Waals surface area contributed by atoms with Crippen molar-refractivity contribution in [3.05, 3.63) is 57.4 Å². The predicted octanol–water partition coefficient (Wildman–Crippen LogP) is 2.27. The fourth-order valence-electron chi connectivity index (χ4n) is 1.55. The van der Waals surface area contributed by atoms with Crippen molar-refractivity contribution in [3.8, 4) is 5.75 Å². The zero-order chi connectivity index (χ0) is 13.0. The van der Waals surface area contributed by atoms with Crippen molar-refractivity contribution in [1.29, 1.82) is 0 Å². The van der Waals surface area contributed by atoms with E-state index in [4.69, 9.17) is 10.5 Å². The van der Waals surface area contributed by atoms with E-state index in [1.54, 1.807) is 29.0 Å². The maximum atomic E-state index is 11.7. The van der Waals surface area contributed by atoms with Gasteiger partial charge in [0, 0.05) is 6.20 Å². The third kappa shape index (κ3) is 2.92. The van der Waals surface area contributed by atoms with Crippen molar-refractivity contribution in [2.45, 2.75) is 6.54 Å². The average molecular weight is 309 g/mol. The minimum Gasteiger partial charge on any atom is -0.490 e. The Morgan fingerprint density at radius 1 is 1.22 bits per heavy atom. The van der Waals surface area contributed by atoms with Gasteiger partial charge in [0.2, 0.25) is 0 Å². The monoisotopic (exact) mass is 308 g/mol. The molecule has 1 aromatic heterocycles. The summed E-state index contributed by atoms with van der Waals surface area (Å²) in [5.41, 5.74) is 6.28. The molecule has 2 N–H and O–H groups in total. The molecule has 4 nitrogen and oxygen atoms in total. The predicted molar refractivity (Wildman–Crippen MR) is 74.8 cm³/mol. The molecular formula is C13H13BrN2O2. The first-order chi connectivity index (χ1) is 8.68. The number of rotatable bonds is 4. The lowest BCUT2D eigenvalue weighted by Crippen LogP contribution is -2.22. The summed E-state index contributed by atoms with van der Waals surface area (Å²) < 4.78 is 7.67. The van der Waals surface area contributed by atoms with Crippen molar-refractivity contribution >= 4 is 21.6 Å². The second-order valence-corrected chi connectivity index (χ2v) is 4.60. The fourth-order valence-corrected chi connectivity index (χ4v) is 1.93. The van der Waals surface area contributed by atoms with Crippen LogP contribution in [0, 0.1) is 0 Å². The molecule has 0 aliphatic heterocycles. The van der Waals surface area contributed by atoms with Gasteiger partial charge in [-0.25, -0.2) is 0 Å². The minimum atomic E-state index is -0.0675. The van der Waals surface area contributed by atoms with Crippen molar-refractivity contribution < 1.29 is 4.74 Å². The number of benzene rings is 1. The highest BCUT2D eigenvalue weighted by atomic mass is 79.9. The molecular weight excluding hydrogens is 296 g/mol. The number of nitrogens with two attached hydrogens (primary N) is 1. The molecule has 94 valence electrons. The highest BCUT2D eigenvalue weighted by Gasteiger charge is 2.01. The molecule has 18 heavy (non-hydrogen) atoms. The second-order valence-electron chi connectivity index (χ2n) is 3.74. The van der Waals surface area contributed by atoms with E-state index in [9.17, 15) is 4.79 Å². The Morgan fingerprint density at radius 2 is 2.00 bits per heavy atom. The molecule has 1 heterocycles. The number of anilines is 1. The summed E-state index contributed by atoms with van der Waals surface area (Å²) in [5.74, 6) is 0.639. The van der Waals surface area contributed by atoms with E-state index in [0.717, 1.165) is 0 Å². The lowest BCUT2D eigenvalue weighted by molar-refractivity contribution is 0.297. The van der Waals surface area contributed by atoms with Crippen LogP contribution in [0.3, 0.4) is 0 Å². The van der Waals surface area contributed by atoms with Crippen LogP contribution in [0.25, 0.3) is 0 Å². The van der Waals surface area contributed by atoms with Crippen molar-refractivity contribution in [3.63, 3.8) is 0 Å². The molecule has 0 fully saturated rings. The van der Waals surface area contributed by atoms with E-state index in [1.165, 1.54) is 0 Å². The number of nitrogens with zero attached hydrogens (tertiary/aromatic N) is 1. The fraction of sp³-hybridized carbons (Fsp3) is 0.154. The van der Waals surface area contributed by atoms with E-state index < -0.39 is 0 Å². The smallest absolute Gasteiger partial charge is 0.264 e. The van der Waals surface area contributed by atoms with Crippen molar-refractivity contribution in [1.82, 2.24) is 4.57 Å². The van der Waals surface area contributed by atoms with Crippen LogP contribution in [0.15, 0.2) is 51.9 Å². The second kappa shape index (κ2) is 5.73. The van der Waals surface area contributed by atoms with Crippen LogP contribution in [0.5, 0.6) is 5.75 Å². The Balaban J connectivity index is 1.99. The highest BCUT2D eigenvalue weighted by Crippen LogP contribution is 2.19. The lowest BCUT2D eigenvalue weighted by Gasteiger charge is -2.10. The summed E-state index contributed by atoms with van der Waals surface area (Å²) in [6, 6.07) is 10.8. The average Bonchev–Trinajstić information content (AvgIpc) is 2.37. The summed E-state index contributed by atoms with van der Waals surface area (Å²) in [6.07, 6.45) is 1.73. The van der Waals surface area contributed by atoms with Crippen molar-refractivity contribution in [2.75, 3.05) is 12.3 Å². The molecule has 0 saturated heterocycles. The zero-order valence-corrected chi connectivity index (χ0v) is 11.3. The third-order valence-corrected chi connectivity index (χ3v) is 3.09. The first-order valence-electron chi connectivity index (χ1n) is 5.51. The first kappa shape index (κ1) is 12.7. The Morgan fingerprint density at radius 3 is 2.78 bits per heavy atom. The van der Waals surface area contributed by atoms with Crippen LogP contribution in [0.2, 0.25) is 0 Å². The highest BCUT2D eigenvalue weighted by molar-refractivity contribution is 9.10. The largest absolute Gasteiger partial charge is 0.490 e. The van der Waals surface area contributed by atoms with Crippen LogP contribution >= 0.6 is 15.9 Å². The number of aromatic nitrogens is 1. The van der Waals surface area contributed by atoms with Gasteiger partial charge in [-0.2, -0.15) is 0 Å². The van der Waals surface area contributed by atoms with E-state index in [-0.39, 0.29) is 5.56 Å². The molecule has 2 aromatic rings. The third-order valence-electron chi connectivity index (χ3n) is 2.48.